The van der Waals surface area contributed by atoms with Crippen molar-refractivity contribution in [2.75, 3.05) is 26.2 Å². The highest BCUT2D eigenvalue weighted by atomic mass is 16.1. The van der Waals surface area contributed by atoms with Crippen LogP contribution in [0.25, 0.3) is 0 Å². The first-order valence-corrected chi connectivity index (χ1v) is 8.62. The summed E-state index contributed by atoms with van der Waals surface area (Å²) in [5.74, 6) is 0.395. The fourth-order valence-electron chi connectivity index (χ4n) is 2.98. The minimum Gasteiger partial charge on any atom is -0.298 e. The zero-order valence-corrected chi connectivity index (χ0v) is 16.3. The van der Waals surface area contributed by atoms with E-state index >= 15 is 0 Å². The minimum atomic E-state index is 0. The molecule has 2 fully saturated rings. The highest BCUT2D eigenvalue weighted by Crippen LogP contribution is 2.19. The van der Waals surface area contributed by atoms with Gasteiger partial charge in [0, 0.05) is 34.3 Å². The number of hydrogen-bond acceptors (Lipinski definition) is 3. The molecule has 0 aromatic rings. The van der Waals surface area contributed by atoms with E-state index in [-0.39, 0.29) is 29.8 Å². The normalized spacial score (nSPS) is 19.8. The first-order chi connectivity index (χ1) is 9.60. The summed E-state index contributed by atoms with van der Waals surface area (Å²) in [5.41, 5.74) is 0.566. The lowest BCUT2D eigenvalue weighted by atomic mass is 10.0. The lowest BCUT2D eigenvalue weighted by molar-refractivity contribution is -0.123. The number of likely N-dealkylation sites (tertiary alicyclic amines) is 2. The lowest BCUT2D eigenvalue weighted by Crippen LogP contribution is -2.47. The Kier molecular flexibility index (Phi) is 14.4. The van der Waals surface area contributed by atoms with Crippen LogP contribution in [-0.4, -0.2) is 69.7 Å². The summed E-state index contributed by atoms with van der Waals surface area (Å²) in [5, 5.41) is 0. The van der Waals surface area contributed by atoms with Crippen LogP contribution in [0.5, 0.6) is 0 Å². The van der Waals surface area contributed by atoms with Crippen LogP contribution in [0.1, 0.15) is 81.1 Å². The molecule has 0 N–H and O–H groups in total. The molecule has 2 aliphatic heterocycles. The maximum absolute atomic E-state index is 11.1. The molecular formula is C19H40B2N2O. The number of carbonyl (C=O) groups is 1. The van der Waals surface area contributed by atoms with Crippen molar-refractivity contribution in [3.8, 4) is 0 Å². The molecule has 6 radical (unpaired) electrons. The second kappa shape index (κ2) is 12.1. The van der Waals surface area contributed by atoms with Crippen LogP contribution in [0.15, 0.2) is 0 Å². The maximum atomic E-state index is 11.1. The Hall–Kier alpha value is -0.280. The smallest absolute Gasteiger partial charge is 0.146 e. The standard InChI is InChI=1S/C9H17NO.C9H19N.CH4.2B/c1-9(2,3)10-6-4-5-8(11)7-10;1-9(2,3)10-7-5-4-6-8-10;;;/h4-7H2,1-3H3;4-8H2,1-3H3;1H4;;. The van der Waals surface area contributed by atoms with E-state index in [4.69, 9.17) is 0 Å². The van der Waals surface area contributed by atoms with Crippen molar-refractivity contribution in [1.29, 1.82) is 0 Å². The van der Waals surface area contributed by atoms with Crippen LogP contribution in [0.3, 0.4) is 0 Å². The van der Waals surface area contributed by atoms with E-state index in [2.05, 4.69) is 51.3 Å². The van der Waals surface area contributed by atoms with Crippen molar-refractivity contribution in [3.05, 3.63) is 0 Å². The Labute approximate surface area is 156 Å². The molecule has 0 aliphatic carbocycles. The molecule has 3 nitrogen and oxygen atoms in total. The van der Waals surface area contributed by atoms with E-state index in [0.717, 1.165) is 19.4 Å². The summed E-state index contributed by atoms with van der Waals surface area (Å²) < 4.78 is 0. The van der Waals surface area contributed by atoms with Gasteiger partial charge in [0.1, 0.15) is 5.78 Å². The Bertz CT molecular complexity index is 329. The topological polar surface area (TPSA) is 23.6 Å². The van der Waals surface area contributed by atoms with Crippen molar-refractivity contribution < 1.29 is 4.79 Å². The van der Waals surface area contributed by atoms with Crippen LogP contribution in [0.2, 0.25) is 0 Å². The zero-order chi connectivity index (χ0) is 16.1. The molecule has 0 amide bonds. The summed E-state index contributed by atoms with van der Waals surface area (Å²) in [6.07, 6.45) is 6.06. The number of carbonyl (C=O) groups excluding carboxylic acids is 1. The second-order valence-electron chi connectivity index (χ2n) is 8.45. The molecule has 5 heteroatoms. The highest BCUT2D eigenvalue weighted by molar-refractivity contribution is 5.81. The van der Waals surface area contributed by atoms with Gasteiger partial charge in [-0.1, -0.05) is 13.8 Å². The van der Waals surface area contributed by atoms with Gasteiger partial charge in [-0.25, -0.2) is 0 Å². The third-order valence-corrected chi connectivity index (χ3v) is 4.50. The van der Waals surface area contributed by atoms with Gasteiger partial charge in [-0.3, -0.25) is 14.6 Å². The number of ketones is 1. The predicted molar refractivity (Wildman–Crippen MR) is 109 cm³/mol. The van der Waals surface area contributed by atoms with Crippen molar-refractivity contribution in [1.82, 2.24) is 9.80 Å². The molecule has 2 rings (SSSR count). The Morgan fingerprint density at radius 3 is 1.42 bits per heavy atom. The molecule has 2 heterocycles. The number of rotatable bonds is 0. The molecule has 0 saturated carbocycles. The van der Waals surface area contributed by atoms with Crippen LogP contribution >= 0.6 is 0 Å². The molecule has 0 bridgehead atoms. The van der Waals surface area contributed by atoms with Crippen LogP contribution in [0.4, 0.5) is 0 Å². The summed E-state index contributed by atoms with van der Waals surface area (Å²) in [6.45, 7) is 17.7. The van der Waals surface area contributed by atoms with E-state index in [1.54, 1.807) is 0 Å². The van der Waals surface area contributed by atoms with Gasteiger partial charge in [-0.2, -0.15) is 0 Å². The molecule has 24 heavy (non-hydrogen) atoms. The molecule has 2 saturated heterocycles. The van der Waals surface area contributed by atoms with Gasteiger partial charge in [0.15, 0.2) is 0 Å². The molecule has 0 unspecified atom stereocenters. The molecule has 0 aromatic heterocycles. The van der Waals surface area contributed by atoms with Crippen molar-refractivity contribution in [2.45, 2.75) is 92.2 Å². The van der Waals surface area contributed by atoms with Crippen LogP contribution in [0, 0.1) is 0 Å². The van der Waals surface area contributed by atoms with E-state index < -0.39 is 0 Å². The third kappa shape index (κ3) is 10.6. The molecule has 0 aromatic carbocycles. The molecule has 138 valence electrons. The Morgan fingerprint density at radius 1 is 0.708 bits per heavy atom. The fourth-order valence-corrected chi connectivity index (χ4v) is 2.98. The molecular weight excluding hydrogens is 294 g/mol. The van der Waals surface area contributed by atoms with E-state index in [1.807, 2.05) is 0 Å². The SMILES string of the molecule is C.CC(C)(C)N1CCCC(=O)C1.CC(C)(C)N1CCCCC1.[B].[B]. The maximum Gasteiger partial charge on any atom is 0.146 e. The lowest BCUT2D eigenvalue weighted by Gasteiger charge is -2.38. The first-order valence-electron chi connectivity index (χ1n) is 8.62. The summed E-state index contributed by atoms with van der Waals surface area (Å²) in [7, 11) is 0. The van der Waals surface area contributed by atoms with Crippen LogP contribution < -0.4 is 0 Å². The highest BCUT2D eigenvalue weighted by Gasteiger charge is 2.26. The minimum absolute atomic E-state index is 0. The molecule has 2 aliphatic rings. The number of Topliss-reactive ketones (excluding diaryl/α,β-unsaturated/α-hetero) is 1. The van der Waals surface area contributed by atoms with Gasteiger partial charge >= 0.3 is 0 Å². The van der Waals surface area contributed by atoms with Gasteiger partial charge < -0.3 is 0 Å². The average Bonchev–Trinajstić information content (AvgIpc) is 2.38. The van der Waals surface area contributed by atoms with Gasteiger partial charge in [0.2, 0.25) is 0 Å². The third-order valence-electron chi connectivity index (χ3n) is 4.50. The van der Waals surface area contributed by atoms with Crippen molar-refractivity contribution >= 4 is 22.6 Å². The largest absolute Gasteiger partial charge is 0.298 e. The Morgan fingerprint density at radius 2 is 1.12 bits per heavy atom. The summed E-state index contributed by atoms with van der Waals surface area (Å²) >= 11 is 0. The zero-order valence-electron chi connectivity index (χ0n) is 16.3. The summed E-state index contributed by atoms with van der Waals surface area (Å²) in [6, 6.07) is 0. The molecule has 0 atom stereocenters. The van der Waals surface area contributed by atoms with Crippen LogP contribution in [-0.2, 0) is 4.79 Å². The molecule has 0 spiro atoms. The fraction of sp³-hybridized carbons (Fsp3) is 0.947. The van der Waals surface area contributed by atoms with Gasteiger partial charge in [-0.15, -0.1) is 0 Å². The quantitative estimate of drug-likeness (QED) is 0.633. The second-order valence-corrected chi connectivity index (χ2v) is 8.45. The van der Waals surface area contributed by atoms with Gasteiger partial charge in [-0.05, 0) is 80.4 Å². The predicted octanol–water partition coefficient (Wildman–Crippen LogP) is 3.60. The van der Waals surface area contributed by atoms with Crippen molar-refractivity contribution in [2.24, 2.45) is 0 Å². The van der Waals surface area contributed by atoms with Crippen molar-refractivity contribution in [3.63, 3.8) is 0 Å². The average molecular weight is 334 g/mol. The van der Waals surface area contributed by atoms with E-state index in [1.165, 1.54) is 32.4 Å². The summed E-state index contributed by atoms with van der Waals surface area (Å²) in [4.78, 5) is 15.9. The van der Waals surface area contributed by atoms with E-state index in [0.29, 0.717) is 17.9 Å². The van der Waals surface area contributed by atoms with E-state index in [9.17, 15) is 4.79 Å². The Balaban J connectivity index is -0.000000328. The first kappa shape index (κ1) is 28.5. The van der Waals surface area contributed by atoms with Gasteiger partial charge in [0.25, 0.3) is 0 Å². The number of hydrogen-bond donors (Lipinski definition) is 0. The van der Waals surface area contributed by atoms with Gasteiger partial charge in [0.05, 0.1) is 6.54 Å². The number of piperidine rings is 2. The monoisotopic (exact) mass is 334 g/mol. The number of nitrogens with zero attached hydrogens (tertiary/aromatic N) is 2.